The van der Waals surface area contributed by atoms with Gasteiger partial charge in [0.05, 0.1) is 11.0 Å². The summed E-state index contributed by atoms with van der Waals surface area (Å²) in [6, 6.07) is 8.23. The summed E-state index contributed by atoms with van der Waals surface area (Å²) in [6.07, 6.45) is -0.762. The SMILES string of the molecule is O=C(Nc1ncc(Cc2ccc(C(F)(F)F)cc2)s1)c1ccnc(P)c1. The van der Waals surface area contributed by atoms with Crippen LogP contribution in [0.25, 0.3) is 0 Å². The summed E-state index contributed by atoms with van der Waals surface area (Å²) in [5.74, 6) is -0.300. The van der Waals surface area contributed by atoms with Gasteiger partial charge in [-0.1, -0.05) is 21.4 Å². The molecule has 0 aliphatic rings. The molecule has 1 amide bonds. The Morgan fingerprint density at radius 2 is 1.88 bits per heavy atom. The number of anilines is 1. The van der Waals surface area contributed by atoms with Gasteiger partial charge in [0.25, 0.3) is 5.91 Å². The Labute approximate surface area is 153 Å². The zero-order valence-corrected chi connectivity index (χ0v) is 15.2. The van der Waals surface area contributed by atoms with Gasteiger partial charge in [0, 0.05) is 29.3 Å². The Morgan fingerprint density at radius 3 is 2.54 bits per heavy atom. The predicted molar refractivity (Wildman–Crippen MR) is 97.9 cm³/mol. The van der Waals surface area contributed by atoms with Crippen LogP contribution in [-0.2, 0) is 12.6 Å². The third-order valence-corrected chi connectivity index (χ3v) is 4.71. The van der Waals surface area contributed by atoms with Crippen LogP contribution in [0.1, 0.15) is 26.4 Å². The average molecular weight is 395 g/mol. The molecule has 0 radical (unpaired) electrons. The van der Waals surface area contributed by atoms with E-state index in [1.54, 1.807) is 18.3 Å². The number of benzene rings is 1. The highest BCUT2D eigenvalue weighted by molar-refractivity contribution is 7.26. The third kappa shape index (κ3) is 4.65. The molecule has 2 aromatic heterocycles. The number of amides is 1. The quantitative estimate of drug-likeness (QED) is 0.682. The molecule has 9 heteroatoms. The molecular weight excluding hydrogens is 382 g/mol. The first-order valence-corrected chi connectivity index (χ1v) is 8.84. The Morgan fingerprint density at radius 1 is 1.15 bits per heavy atom. The number of halogens is 3. The summed E-state index contributed by atoms with van der Waals surface area (Å²) in [6.45, 7) is 0. The number of nitrogens with zero attached hydrogens (tertiary/aromatic N) is 2. The first kappa shape index (κ1) is 18.5. The minimum absolute atomic E-state index is 0.300. The van der Waals surface area contributed by atoms with E-state index in [4.69, 9.17) is 0 Å². The largest absolute Gasteiger partial charge is 0.416 e. The van der Waals surface area contributed by atoms with E-state index in [1.165, 1.54) is 29.7 Å². The average Bonchev–Trinajstić information content (AvgIpc) is 3.01. The molecule has 3 rings (SSSR count). The second-order valence-electron chi connectivity index (χ2n) is 5.43. The smallest absolute Gasteiger partial charge is 0.298 e. The molecule has 26 heavy (non-hydrogen) atoms. The van der Waals surface area contributed by atoms with E-state index in [-0.39, 0.29) is 5.91 Å². The molecule has 1 N–H and O–H groups in total. The summed E-state index contributed by atoms with van der Waals surface area (Å²) in [5, 5.41) is 3.13. The van der Waals surface area contributed by atoms with Crippen LogP contribution in [-0.4, -0.2) is 15.9 Å². The summed E-state index contributed by atoms with van der Waals surface area (Å²) in [4.78, 5) is 21.2. The number of carbonyl (C=O) groups is 1. The molecule has 1 aromatic carbocycles. The highest BCUT2D eigenvalue weighted by Gasteiger charge is 2.29. The van der Waals surface area contributed by atoms with Crippen molar-refractivity contribution >= 4 is 37.1 Å². The van der Waals surface area contributed by atoms with Gasteiger partial charge in [-0.2, -0.15) is 13.2 Å². The predicted octanol–water partition coefficient (Wildman–Crippen LogP) is 3.90. The molecule has 134 valence electrons. The Hall–Kier alpha value is -2.31. The number of thiazole rings is 1. The van der Waals surface area contributed by atoms with Crippen molar-refractivity contribution in [2.75, 3.05) is 5.32 Å². The van der Waals surface area contributed by atoms with E-state index in [0.717, 1.165) is 22.6 Å². The lowest BCUT2D eigenvalue weighted by Crippen LogP contribution is -2.13. The monoisotopic (exact) mass is 395 g/mol. The van der Waals surface area contributed by atoms with Gasteiger partial charge in [-0.3, -0.25) is 15.1 Å². The van der Waals surface area contributed by atoms with Crippen molar-refractivity contribution in [2.45, 2.75) is 12.6 Å². The number of pyridine rings is 1. The lowest BCUT2D eigenvalue weighted by Gasteiger charge is -2.06. The van der Waals surface area contributed by atoms with Crippen LogP contribution in [0.2, 0.25) is 0 Å². The van der Waals surface area contributed by atoms with Gasteiger partial charge < -0.3 is 0 Å². The van der Waals surface area contributed by atoms with Crippen molar-refractivity contribution in [2.24, 2.45) is 0 Å². The van der Waals surface area contributed by atoms with Crippen molar-refractivity contribution < 1.29 is 18.0 Å². The van der Waals surface area contributed by atoms with Crippen molar-refractivity contribution in [3.63, 3.8) is 0 Å². The number of hydrogen-bond donors (Lipinski definition) is 1. The maximum absolute atomic E-state index is 12.6. The molecule has 0 bridgehead atoms. The fourth-order valence-corrected chi connectivity index (χ4v) is 3.33. The number of carbonyl (C=O) groups excluding carboxylic acids is 1. The molecule has 2 heterocycles. The normalized spacial score (nSPS) is 11.4. The molecule has 0 saturated carbocycles. The summed E-state index contributed by atoms with van der Waals surface area (Å²) in [7, 11) is 2.42. The lowest BCUT2D eigenvalue weighted by atomic mass is 10.1. The van der Waals surface area contributed by atoms with Crippen LogP contribution < -0.4 is 10.8 Å². The van der Waals surface area contributed by atoms with Crippen molar-refractivity contribution in [1.29, 1.82) is 0 Å². The molecule has 0 fully saturated rings. The van der Waals surface area contributed by atoms with Gasteiger partial charge in [-0.15, -0.1) is 11.3 Å². The third-order valence-electron chi connectivity index (χ3n) is 3.48. The number of hydrogen-bond acceptors (Lipinski definition) is 4. The van der Waals surface area contributed by atoms with Crippen molar-refractivity contribution in [3.8, 4) is 0 Å². The van der Waals surface area contributed by atoms with E-state index in [2.05, 4.69) is 24.5 Å². The fourth-order valence-electron chi connectivity index (χ4n) is 2.22. The van der Waals surface area contributed by atoms with E-state index < -0.39 is 11.7 Å². The number of alkyl halides is 3. The van der Waals surface area contributed by atoms with E-state index in [0.29, 0.717) is 22.6 Å². The van der Waals surface area contributed by atoms with E-state index in [1.807, 2.05) is 0 Å². The van der Waals surface area contributed by atoms with Crippen LogP contribution in [0.5, 0.6) is 0 Å². The first-order chi connectivity index (χ1) is 12.3. The molecule has 0 saturated heterocycles. The highest BCUT2D eigenvalue weighted by Crippen LogP contribution is 2.30. The van der Waals surface area contributed by atoms with Crippen LogP contribution in [0, 0.1) is 0 Å². The minimum Gasteiger partial charge on any atom is -0.298 e. The molecule has 0 spiro atoms. The zero-order valence-electron chi connectivity index (χ0n) is 13.2. The van der Waals surface area contributed by atoms with Crippen LogP contribution in [0.3, 0.4) is 0 Å². The maximum atomic E-state index is 12.6. The number of rotatable bonds is 4. The Kier molecular flexibility index (Phi) is 5.34. The number of nitrogens with one attached hydrogen (secondary N) is 1. The molecule has 1 atom stereocenters. The maximum Gasteiger partial charge on any atom is 0.416 e. The molecule has 4 nitrogen and oxygen atoms in total. The van der Waals surface area contributed by atoms with Crippen LogP contribution in [0.15, 0.2) is 48.8 Å². The van der Waals surface area contributed by atoms with E-state index in [9.17, 15) is 18.0 Å². The second kappa shape index (κ2) is 7.51. The lowest BCUT2D eigenvalue weighted by molar-refractivity contribution is -0.137. The standard InChI is InChI=1S/C17H13F3N3OPS/c18-17(19,20)12-3-1-10(2-4-12)7-13-9-22-16(26-13)23-15(24)11-5-6-21-14(25)8-11/h1-6,8-9H,7,25H2,(H,22,23,24). The van der Waals surface area contributed by atoms with Crippen LogP contribution in [0.4, 0.5) is 18.3 Å². The highest BCUT2D eigenvalue weighted by atomic mass is 32.1. The Balaban J connectivity index is 1.65. The molecular formula is C17H13F3N3OPS. The summed E-state index contributed by atoms with van der Waals surface area (Å²) in [5.41, 5.74) is 1.18. The molecule has 0 aliphatic carbocycles. The van der Waals surface area contributed by atoms with E-state index >= 15 is 0 Å². The molecule has 1 unspecified atom stereocenters. The van der Waals surface area contributed by atoms with Crippen molar-refractivity contribution in [3.05, 3.63) is 70.4 Å². The fraction of sp³-hybridized carbons (Fsp3) is 0.118. The van der Waals surface area contributed by atoms with Gasteiger partial charge in [0.2, 0.25) is 0 Å². The number of aromatic nitrogens is 2. The first-order valence-electron chi connectivity index (χ1n) is 7.45. The van der Waals surface area contributed by atoms with Crippen LogP contribution >= 0.6 is 20.6 Å². The molecule has 0 aliphatic heterocycles. The minimum atomic E-state index is -4.34. The summed E-state index contributed by atoms with van der Waals surface area (Å²) >= 11 is 1.28. The Bertz CT molecular complexity index is 926. The van der Waals surface area contributed by atoms with Gasteiger partial charge >= 0.3 is 6.18 Å². The van der Waals surface area contributed by atoms with Gasteiger partial charge in [-0.05, 0) is 29.8 Å². The molecule has 3 aromatic rings. The van der Waals surface area contributed by atoms with Gasteiger partial charge in [0.1, 0.15) is 0 Å². The summed E-state index contributed by atoms with van der Waals surface area (Å²) < 4.78 is 37.7. The second-order valence-corrected chi connectivity index (χ2v) is 7.13. The zero-order chi connectivity index (χ0) is 18.7. The van der Waals surface area contributed by atoms with Gasteiger partial charge in [-0.25, -0.2) is 4.98 Å². The van der Waals surface area contributed by atoms with Gasteiger partial charge in [0.15, 0.2) is 5.13 Å². The van der Waals surface area contributed by atoms with Crippen molar-refractivity contribution in [1.82, 2.24) is 9.97 Å². The topological polar surface area (TPSA) is 54.9 Å².